The molecule has 0 bridgehead atoms. The van der Waals surface area contributed by atoms with Crippen molar-refractivity contribution < 1.29 is 63.0 Å². The maximum atomic E-state index is 12.3. The summed E-state index contributed by atoms with van der Waals surface area (Å²) in [5, 5.41) is 55.6. The molecule has 638 valence electrons. The van der Waals surface area contributed by atoms with Gasteiger partial charge in [-0.15, -0.1) is 0 Å². The van der Waals surface area contributed by atoms with Crippen LogP contribution in [0.3, 0.4) is 0 Å². The van der Waals surface area contributed by atoms with E-state index < -0.39 is 120 Å². The van der Waals surface area contributed by atoms with Crippen LogP contribution in [-0.4, -0.2) is 180 Å². The molecular weight excluding hydrogens is 1530 g/mol. The van der Waals surface area contributed by atoms with Gasteiger partial charge < -0.3 is 63.0 Å². The minimum absolute atomic E-state index is 0.194. The fourth-order valence-electron chi connectivity index (χ4n) is 14.0. The molecule has 0 aliphatic carbocycles. The first kappa shape index (κ1) is 93.6. The van der Waals surface area contributed by atoms with Gasteiger partial charge in [0.25, 0.3) is 41.9 Å². The first-order valence-corrected chi connectivity index (χ1v) is 39.8. The third kappa shape index (κ3) is 24.1. The molecule has 0 radical (unpaired) electrons. The van der Waals surface area contributed by atoms with Crippen molar-refractivity contribution in [3.63, 3.8) is 0 Å². The molecule has 39 nitrogen and oxygen atoms in total. The molecule has 115 heavy (non-hydrogen) atoms. The van der Waals surface area contributed by atoms with Crippen LogP contribution in [0.4, 0.5) is 0 Å². The van der Waals surface area contributed by atoms with Crippen molar-refractivity contribution in [2.45, 2.75) is 292 Å². The number of nitriles is 1. The highest BCUT2D eigenvalue weighted by atomic mass is 31.2. The molecule has 6 aromatic heterocycles. The highest BCUT2D eigenvalue weighted by molar-refractivity contribution is 7.44. The van der Waals surface area contributed by atoms with Crippen LogP contribution < -0.4 is 67.5 Å². The summed E-state index contributed by atoms with van der Waals surface area (Å²) in [6.45, 7) is 30.1. The van der Waals surface area contributed by atoms with Crippen LogP contribution in [0.1, 0.15) is 211 Å². The lowest BCUT2D eigenvalue weighted by atomic mass is 10.0. The van der Waals surface area contributed by atoms with E-state index in [0.29, 0.717) is 83.9 Å². The lowest BCUT2D eigenvalue weighted by molar-refractivity contribution is -0.0459. The molecule has 0 spiro atoms. The van der Waals surface area contributed by atoms with Crippen molar-refractivity contribution in [2.24, 2.45) is 11.8 Å². The second-order valence-corrected chi connectivity index (χ2v) is 31.3. The van der Waals surface area contributed by atoms with E-state index in [1.54, 1.807) is 53.9 Å². The highest BCUT2D eigenvalue weighted by Crippen LogP contribution is 2.50. The minimum atomic E-state index is -1.41. The lowest BCUT2D eigenvalue weighted by Crippen LogP contribution is -2.35. The van der Waals surface area contributed by atoms with Gasteiger partial charge in [0.05, 0.1) is 81.1 Å². The Balaban J connectivity index is 0.000000194. The number of hydrogen-bond donors (Lipinski definition) is 11. The van der Waals surface area contributed by atoms with Gasteiger partial charge in [-0.05, 0) is 120 Å². The monoisotopic (exact) mass is 1640 g/mol. The Morgan fingerprint density at radius 1 is 0.417 bits per heavy atom. The van der Waals surface area contributed by atoms with Crippen LogP contribution >= 0.6 is 8.53 Å². The summed E-state index contributed by atoms with van der Waals surface area (Å²) in [5.74, 6) is 0.869. The predicted molar refractivity (Wildman–Crippen MR) is 419 cm³/mol. The lowest BCUT2D eigenvalue weighted by Gasteiger charge is -2.37. The molecule has 6 fully saturated rings. The Labute approximate surface area is 661 Å². The number of ether oxygens (including phenoxy) is 6. The second kappa shape index (κ2) is 42.5. The van der Waals surface area contributed by atoms with Crippen molar-refractivity contribution in [3.8, 4) is 6.07 Å². The Morgan fingerprint density at radius 2 is 0.661 bits per heavy atom. The number of nitrogens with zero attached hydrogens (tertiary/aromatic N) is 8. The van der Waals surface area contributed by atoms with Crippen LogP contribution in [0.25, 0.3) is 0 Å². The summed E-state index contributed by atoms with van der Waals surface area (Å²) < 4.78 is 56.8. The van der Waals surface area contributed by atoms with Gasteiger partial charge in [-0.25, -0.2) is 33.4 Å². The van der Waals surface area contributed by atoms with Crippen LogP contribution in [0.15, 0.2) is 94.7 Å². The van der Waals surface area contributed by atoms with E-state index in [1.807, 2.05) is 13.8 Å². The summed E-state index contributed by atoms with van der Waals surface area (Å²) in [7, 11) is -1.41. The molecule has 6 aliphatic rings. The Bertz CT molecular complexity index is 4470. The third-order valence-electron chi connectivity index (χ3n) is 20.5. The average Bonchev–Trinajstić information content (AvgIpc) is 1.77. The molecule has 6 saturated heterocycles. The van der Waals surface area contributed by atoms with Crippen molar-refractivity contribution in [1.29, 1.82) is 5.26 Å². The number of H-pyrrole nitrogens is 6. The summed E-state index contributed by atoms with van der Waals surface area (Å²) >= 11 is 0. The van der Waals surface area contributed by atoms with E-state index in [1.165, 1.54) is 52.2 Å². The van der Waals surface area contributed by atoms with Crippen LogP contribution in [-0.2, 0) is 37.5 Å². The fourth-order valence-corrected chi connectivity index (χ4v) is 15.7. The zero-order chi connectivity index (χ0) is 85.3. The molecule has 0 saturated carbocycles. The van der Waals surface area contributed by atoms with Crippen LogP contribution in [0.2, 0.25) is 0 Å². The number of hydrogen-bond acceptors (Lipinski definition) is 27. The number of aliphatic hydroxyl groups excluding tert-OH is 5. The van der Waals surface area contributed by atoms with Crippen molar-refractivity contribution in [2.75, 3.05) is 19.8 Å². The molecule has 12 rings (SSSR count). The van der Waals surface area contributed by atoms with Gasteiger partial charge in [-0.2, -0.15) is 5.26 Å². The zero-order valence-electron chi connectivity index (χ0n) is 67.8. The highest BCUT2D eigenvalue weighted by Gasteiger charge is 2.42. The fraction of sp³-hybridized carbons (Fsp3) is 0.667. The van der Waals surface area contributed by atoms with E-state index in [4.69, 9.17) is 52.9 Å². The molecule has 0 aromatic carbocycles. The Morgan fingerprint density at radius 3 is 0.896 bits per heavy atom. The van der Waals surface area contributed by atoms with Gasteiger partial charge in [0, 0.05) is 108 Å². The van der Waals surface area contributed by atoms with E-state index >= 15 is 0 Å². The zero-order valence-corrected chi connectivity index (χ0v) is 68.7. The smallest absolute Gasteiger partial charge is 0.330 e. The molecule has 19 atom stereocenters. The van der Waals surface area contributed by atoms with Crippen molar-refractivity contribution in [3.05, 3.63) is 196 Å². The molecule has 6 aromatic rings. The van der Waals surface area contributed by atoms with E-state index in [0.717, 1.165) is 25.7 Å². The molecule has 40 heteroatoms. The molecule has 1 unspecified atom stereocenters. The first-order chi connectivity index (χ1) is 54.3. The van der Waals surface area contributed by atoms with Crippen molar-refractivity contribution in [1.82, 2.24) is 62.0 Å². The van der Waals surface area contributed by atoms with E-state index in [-0.39, 0.29) is 92.2 Å². The van der Waals surface area contributed by atoms with Gasteiger partial charge in [0.1, 0.15) is 49.6 Å². The summed E-state index contributed by atoms with van der Waals surface area (Å²) in [4.78, 5) is 152. The topological polar surface area (TPSA) is 531 Å². The largest absolute Gasteiger partial charge is 0.394 e. The van der Waals surface area contributed by atoms with Gasteiger partial charge in [0.15, 0.2) is 0 Å². The maximum Gasteiger partial charge on any atom is 0.330 e. The molecule has 11 N–H and O–H groups in total. The Kier molecular flexibility index (Phi) is 34.6. The first-order valence-electron chi connectivity index (χ1n) is 38.7. The van der Waals surface area contributed by atoms with Gasteiger partial charge in [0.2, 0.25) is 0 Å². The quantitative estimate of drug-likeness (QED) is 0.0386. The molecule has 12 heterocycles. The molecule has 6 aliphatic heterocycles. The van der Waals surface area contributed by atoms with Gasteiger partial charge in [-0.1, -0.05) is 41.5 Å². The van der Waals surface area contributed by atoms with Crippen LogP contribution in [0, 0.1) is 64.7 Å². The SMILES string of the molecule is CC[C@H]1O[C@H](n2cc(C)c(=O)[nH]c2=O)C[C@@H]1C.CC[C@H]1O[C@H](n2cc(C)c(=O)[nH]c2=O)C[C@@H]1O.CC[C@H]1O[C@H](n2cc(C)c(=O)[nH]c2=O)C[C@H]1C.CC[C@H]1O[C@H](n2cc(C)c(=O)[nH]c2=O)C[C@H]1OP(OCCC#N)N(C(C)C)C(C)C.Cc1cn([C@@H]2C[C@@H](O)[C@@H](CO)O2)c(=O)[nH]c1=O.Cc1cn([C@@H]2C[C@H](O)[C@@H](CO)O2)c(=O)[nH]c1=O. The van der Waals surface area contributed by atoms with Gasteiger partial charge >= 0.3 is 34.1 Å². The Hall–Kier alpha value is -8.56. The number of rotatable bonds is 20. The second-order valence-electron chi connectivity index (χ2n) is 29.9. The third-order valence-corrected chi connectivity index (χ3v) is 22.6. The molecule has 0 amide bonds. The summed E-state index contributed by atoms with van der Waals surface area (Å²) in [6, 6.07) is 2.49. The number of aryl methyl sites for hydroxylation is 6. The number of aromatic nitrogens is 12. The van der Waals surface area contributed by atoms with Gasteiger partial charge in [-0.3, -0.25) is 86.1 Å². The average molecular weight is 1640 g/mol. The van der Waals surface area contributed by atoms with E-state index in [2.05, 4.69) is 96.0 Å². The maximum absolute atomic E-state index is 12.3. The normalized spacial score (nSPS) is 27.0. The standard InChI is InChI=1S/C20H33N4O5P.2C12H18N2O3.C11H16N2O4.2C10H14N2O5/c1-7-16-17(11-18(28-16)23-12-15(6)19(25)22-20(23)26)29-30(27-10-8-9-21)24(13(2)3)14(4)5;2*1-4-9-7(2)5-10(17-9)14-6-8(3)11(15)13-12(14)16;1-3-8-7(14)4-9(17-8)13-5-6(2)10(15)12-11(13)16;2*1-5-3-12(10(16)11-9(5)15)8-2-6(14)7(4-13)17-8/h12-14,16-18H,7-8,10-11H2,1-6H3,(H,22,25,26);2*6-7,9-10H,4-5H2,1-3H3,(H,13,15,16);5,7-9,14H,3-4H2,1-2H3,(H,12,15,16);2*3,6-8,13-14H,2,4H2,1H3,(H,11,15,16)/t16-,17-,18+,30?;7-,9+,10-;7-,9-,10+;7-,8+,9-;6-,7+,8-;6-,7-,8+/m101001/s1. The van der Waals surface area contributed by atoms with Crippen LogP contribution in [0.5, 0.6) is 0 Å². The van der Waals surface area contributed by atoms with Crippen molar-refractivity contribution >= 4 is 8.53 Å². The van der Waals surface area contributed by atoms with E-state index in [9.17, 15) is 72.9 Å². The predicted octanol–water partition coefficient (Wildman–Crippen LogP) is 2.44. The minimum Gasteiger partial charge on any atom is -0.394 e. The molecular formula is C75H113N14O25P. The summed E-state index contributed by atoms with van der Waals surface area (Å²) in [5.41, 5.74) is -2.57. The summed E-state index contributed by atoms with van der Waals surface area (Å²) in [6.07, 6.45) is 8.58. The number of aliphatic hydroxyl groups is 5. The number of aromatic amines is 6. The number of nitrogens with one attached hydrogen (secondary N) is 6.